The molecule has 20 heavy (non-hydrogen) atoms. The van der Waals surface area contributed by atoms with E-state index in [4.69, 9.17) is 0 Å². The van der Waals surface area contributed by atoms with Gasteiger partial charge in [0.2, 0.25) is 0 Å². The lowest BCUT2D eigenvalue weighted by Gasteiger charge is -2.10. The zero-order chi connectivity index (χ0) is 14.3. The van der Waals surface area contributed by atoms with E-state index in [0.29, 0.717) is 17.4 Å². The van der Waals surface area contributed by atoms with Crippen molar-refractivity contribution in [2.75, 3.05) is 0 Å². The van der Waals surface area contributed by atoms with Crippen LogP contribution in [0.2, 0.25) is 0 Å². The maximum Gasteiger partial charge on any atom is 0.261 e. The van der Waals surface area contributed by atoms with Gasteiger partial charge in [-0.2, -0.15) is 0 Å². The Morgan fingerprint density at radius 3 is 2.85 bits per heavy atom. The maximum atomic E-state index is 12.7. The average Bonchev–Trinajstić information content (AvgIpc) is 2.89. The van der Waals surface area contributed by atoms with E-state index in [-0.39, 0.29) is 5.56 Å². The molecular formula is C14H10Br2N2OS. The fraction of sp³-hybridized carbons (Fsp3) is 0.143. The molecule has 0 fully saturated rings. The molecule has 0 radical (unpaired) electrons. The number of hydrogen-bond acceptors (Lipinski definition) is 3. The molecule has 0 N–H and O–H groups in total. The molecule has 0 aliphatic carbocycles. The zero-order valence-corrected chi connectivity index (χ0v) is 14.5. The van der Waals surface area contributed by atoms with Crippen molar-refractivity contribution in [2.45, 2.75) is 13.5 Å². The molecule has 0 spiro atoms. The minimum atomic E-state index is -0.0112. The van der Waals surface area contributed by atoms with E-state index < -0.39 is 0 Å². The van der Waals surface area contributed by atoms with Gasteiger partial charge in [0.1, 0.15) is 5.82 Å². The quantitative estimate of drug-likeness (QED) is 0.626. The van der Waals surface area contributed by atoms with Crippen LogP contribution in [-0.4, -0.2) is 9.55 Å². The molecule has 3 rings (SSSR count). The number of benzene rings is 1. The van der Waals surface area contributed by atoms with Crippen molar-refractivity contribution in [1.82, 2.24) is 9.55 Å². The minimum Gasteiger partial charge on any atom is -0.291 e. The second-order valence-electron chi connectivity index (χ2n) is 4.41. The Morgan fingerprint density at radius 2 is 2.15 bits per heavy atom. The number of hydrogen-bond donors (Lipinski definition) is 0. The number of thiophene rings is 1. The number of halogens is 2. The van der Waals surface area contributed by atoms with Gasteiger partial charge in [-0.15, -0.1) is 11.3 Å². The highest BCUT2D eigenvalue weighted by molar-refractivity contribution is 9.11. The van der Waals surface area contributed by atoms with Gasteiger partial charge in [-0.05, 0) is 46.4 Å². The lowest BCUT2D eigenvalue weighted by molar-refractivity contribution is 0.720. The summed E-state index contributed by atoms with van der Waals surface area (Å²) in [5.41, 5.74) is 0.695. The van der Waals surface area contributed by atoms with Crippen molar-refractivity contribution in [2.24, 2.45) is 0 Å². The zero-order valence-electron chi connectivity index (χ0n) is 10.6. The van der Waals surface area contributed by atoms with Gasteiger partial charge in [-0.3, -0.25) is 9.36 Å². The highest BCUT2D eigenvalue weighted by atomic mass is 79.9. The summed E-state index contributed by atoms with van der Waals surface area (Å²) in [6, 6.07) is 7.73. The highest BCUT2D eigenvalue weighted by Gasteiger charge is 2.12. The molecule has 1 aromatic carbocycles. The van der Waals surface area contributed by atoms with Crippen LogP contribution in [0.3, 0.4) is 0 Å². The maximum absolute atomic E-state index is 12.7. The second-order valence-corrected chi connectivity index (χ2v) is 7.22. The first kappa shape index (κ1) is 14.0. The van der Waals surface area contributed by atoms with E-state index in [1.54, 1.807) is 15.9 Å². The topological polar surface area (TPSA) is 34.9 Å². The molecule has 0 saturated carbocycles. The number of nitrogens with zero attached hydrogens (tertiary/aromatic N) is 2. The lowest BCUT2D eigenvalue weighted by atomic mass is 10.2. The summed E-state index contributed by atoms with van der Waals surface area (Å²) in [5, 5.41) is 2.63. The van der Waals surface area contributed by atoms with E-state index in [1.165, 1.54) is 0 Å². The molecule has 0 aliphatic rings. The molecule has 3 aromatic rings. The van der Waals surface area contributed by atoms with E-state index >= 15 is 0 Å². The fourth-order valence-electron chi connectivity index (χ4n) is 2.10. The van der Waals surface area contributed by atoms with Gasteiger partial charge >= 0.3 is 0 Å². The van der Waals surface area contributed by atoms with Crippen LogP contribution in [0.5, 0.6) is 0 Å². The summed E-state index contributed by atoms with van der Waals surface area (Å²) < 4.78 is 3.40. The predicted molar refractivity (Wildman–Crippen MR) is 89.6 cm³/mol. The molecule has 0 amide bonds. The van der Waals surface area contributed by atoms with Gasteiger partial charge in [-0.25, -0.2) is 4.98 Å². The molecule has 0 atom stereocenters. The van der Waals surface area contributed by atoms with Crippen LogP contribution in [0.15, 0.2) is 43.4 Å². The van der Waals surface area contributed by atoms with Gasteiger partial charge in [-0.1, -0.05) is 22.0 Å². The van der Waals surface area contributed by atoms with E-state index in [0.717, 1.165) is 19.6 Å². The number of fused-ring (bicyclic) bond motifs is 1. The Kier molecular flexibility index (Phi) is 3.79. The lowest BCUT2D eigenvalue weighted by Crippen LogP contribution is -2.24. The number of aromatic nitrogens is 2. The number of aryl methyl sites for hydroxylation is 1. The van der Waals surface area contributed by atoms with Crippen molar-refractivity contribution >= 4 is 54.1 Å². The Labute approximate surface area is 136 Å². The largest absolute Gasteiger partial charge is 0.291 e. The first-order chi connectivity index (χ1) is 9.56. The Morgan fingerprint density at radius 1 is 1.35 bits per heavy atom. The summed E-state index contributed by atoms with van der Waals surface area (Å²) in [4.78, 5) is 18.4. The standard InChI is InChI=1S/C14H10Br2N2OS/c1-8-17-13-11(5-9(15)6-12(13)16)14(19)18(8)7-10-3-2-4-20-10/h2-6H,7H2,1H3. The van der Waals surface area contributed by atoms with Gasteiger partial charge in [0, 0.05) is 13.8 Å². The van der Waals surface area contributed by atoms with Gasteiger partial charge in [0.15, 0.2) is 0 Å². The van der Waals surface area contributed by atoms with Crippen molar-refractivity contribution in [3.63, 3.8) is 0 Å². The molecule has 2 aromatic heterocycles. The molecule has 102 valence electrons. The highest BCUT2D eigenvalue weighted by Crippen LogP contribution is 2.25. The van der Waals surface area contributed by atoms with Crippen LogP contribution in [0, 0.1) is 6.92 Å². The summed E-state index contributed by atoms with van der Waals surface area (Å²) in [6.45, 7) is 2.43. The van der Waals surface area contributed by atoms with Gasteiger partial charge in [0.25, 0.3) is 5.56 Å². The Hall–Kier alpha value is -0.980. The molecule has 0 saturated heterocycles. The van der Waals surface area contributed by atoms with Crippen LogP contribution < -0.4 is 5.56 Å². The van der Waals surface area contributed by atoms with Crippen LogP contribution in [0.25, 0.3) is 10.9 Å². The van der Waals surface area contributed by atoms with Crippen LogP contribution in [0.1, 0.15) is 10.7 Å². The van der Waals surface area contributed by atoms with Gasteiger partial charge in [0.05, 0.1) is 17.4 Å². The third kappa shape index (κ3) is 2.47. The third-order valence-electron chi connectivity index (χ3n) is 3.06. The van der Waals surface area contributed by atoms with E-state index in [2.05, 4.69) is 36.8 Å². The van der Waals surface area contributed by atoms with Crippen LogP contribution in [0.4, 0.5) is 0 Å². The number of rotatable bonds is 2. The molecule has 2 heterocycles. The minimum absolute atomic E-state index is 0.0112. The fourth-order valence-corrected chi connectivity index (χ4v) is 4.11. The molecule has 0 aliphatic heterocycles. The Bertz CT molecular complexity index is 840. The third-order valence-corrected chi connectivity index (χ3v) is 4.99. The van der Waals surface area contributed by atoms with E-state index in [9.17, 15) is 4.79 Å². The smallest absolute Gasteiger partial charge is 0.261 e. The molecule has 3 nitrogen and oxygen atoms in total. The van der Waals surface area contributed by atoms with Crippen LogP contribution in [-0.2, 0) is 6.54 Å². The molecule has 0 unspecified atom stereocenters. The van der Waals surface area contributed by atoms with E-state index in [1.807, 2.05) is 36.6 Å². The van der Waals surface area contributed by atoms with Crippen molar-refractivity contribution < 1.29 is 0 Å². The van der Waals surface area contributed by atoms with Crippen molar-refractivity contribution in [1.29, 1.82) is 0 Å². The summed E-state index contributed by atoms with van der Waals surface area (Å²) in [7, 11) is 0. The Balaban J connectivity index is 2.26. The first-order valence-corrected chi connectivity index (χ1v) is 8.41. The summed E-state index contributed by atoms with van der Waals surface area (Å²) in [6.07, 6.45) is 0. The first-order valence-electron chi connectivity index (χ1n) is 5.95. The average molecular weight is 414 g/mol. The van der Waals surface area contributed by atoms with Gasteiger partial charge < -0.3 is 0 Å². The predicted octanol–water partition coefficient (Wildman–Crippen LogP) is 4.34. The SMILES string of the molecule is Cc1nc2c(Br)cc(Br)cc2c(=O)n1Cc1cccs1. The normalized spacial score (nSPS) is 11.2. The van der Waals surface area contributed by atoms with Crippen molar-refractivity contribution in [3.05, 3.63) is 59.6 Å². The molecule has 6 heteroatoms. The summed E-state index contributed by atoms with van der Waals surface area (Å²) >= 11 is 8.52. The molecule has 0 bridgehead atoms. The molecular weight excluding hydrogens is 404 g/mol. The monoisotopic (exact) mass is 412 g/mol. The van der Waals surface area contributed by atoms with Crippen molar-refractivity contribution in [3.8, 4) is 0 Å². The summed E-state index contributed by atoms with van der Waals surface area (Å²) in [5.74, 6) is 0.721. The second kappa shape index (κ2) is 5.42. The van der Waals surface area contributed by atoms with Crippen LogP contribution >= 0.6 is 43.2 Å².